The second-order valence-electron chi connectivity index (χ2n) is 2.72. The molecule has 0 aromatic rings. The number of hydrazine groups is 1. The summed E-state index contributed by atoms with van der Waals surface area (Å²) in [5, 5.41) is 1.58. The average molecular weight is 152 g/mol. The highest BCUT2D eigenvalue weighted by Crippen LogP contribution is 2.17. The molecule has 11 heavy (non-hydrogen) atoms. The number of hydrogen-bond acceptors (Lipinski definition) is 3. The van der Waals surface area contributed by atoms with Gasteiger partial charge in [-0.15, -0.1) is 0 Å². The van der Waals surface area contributed by atoms with Crippen molar-refractivity contribution in [2.24, 2.45) is 0 Å². The van der Waals surface area contributed by atoms with Gasteiger partial charge in [0.15, 0.2) is 5.78 Å². The fourth-order valence-electron chi connectivity index (χ4n) is 1.38. The van der Waals surface area contributed by atoms with E-state index in [9.17, 15) is 9.59 Å². The molecule has 1 N–H and O–H groups in total. The first-order valence-corrected chi connectivity index (χ1v) is 3.54. The predicted octanol–water partition coefficient (Wildman–Crippen LogP) is -0.422. The number of rotatable bonds is 0. The zero-order valence-corrected chi connectivity index (χ0v) is 5.91. The van der Waals surface area contributed by atoms with Gasteiger partial charge in [0.2, 0.25) is 5.91 Å². The van der Waals surface area contributed by atoms with Gasteiger partial charge in [-0.3, -0.25) is 20.0 Å². The maximum Gasteiger partial charge on any atom is 0.246 e. The van der Waals surface area contributed by atoms with Crippen LogP contribution in [0.5, 0.6) is 0 Å². The Kier molecular flexibility index (Phi) is 1.21. The Labute approximate surface area is 63.8 Å². The number of hydrogen-bond donors (Lipinski definition) is 1. The molecule has 0 aromatic carbocycles. The third kappa shape index (κ3) is 0.906. The molecule has 0 spiro atoms. The smallest absolute Gasteiger partial charge is 0.246 e. The van der Waals surface area contributed by atoms with Crippen LogP contribution >= 0.6 is 0 Å². The van der Waals surface area contributed by atoms with E-state index in [2.05, 4.69) is 5.43 Å². The molecule has 0 radical (unpaired) electrons. The highest BCUT2D eigenvalue weighted by atomic mass is 16.2. The Morgan fingerprint density at radius 1 is 1.55 bits per heavy atom. The van der Waals surface area contributed by atoms with Crippen molar-refractivity contribution in [1.82, 2.24) is 10.4 Å². The molecular formula is C7H8N2O2. The lowest BCUT2D eigenvalue weighted by molar-refractivity contribution is -0.139. The van der Waals surface area contributed by atoms with Gasteiger partial charge in [-0.05, 0) is 6.42 Å². The van der Waals surface area contributed by atoms with Gasteiger partial charge < -0.3 is 0 Å². The number of nitrogens with zero attached hydrogens (tertiary/aromatic N) is 1. The minimum Gasteiger partial charge on any atom is -0.297 e. The van der Waals surface area contributed by atoms with Crippen LogP contribution in [0.4, 0.5) is 0 Å². The molecule has 0 aromatic heterocycles. The molecule has 2 heterocycles. The molecule has 2 aliphatic rings. The van der Waals surface area contributed by atoms with E-state index in [1.807, 2.05) is 6.08 Å². The van der Waals surface area contributed by atoms with Gasteiger partial charge in [0.1, 0.15) is 6.04 Å². The van der Waals surface area contributed by atoms with Crippen LogP contribution in [0, 0.1) is 0 Å². The van der Waals surface area contributed by atoms with Crippen LogP contribution in [0.2, 0.25) is 0 Å². The quantitative estimate of drug-likeness (QED) is 0.479. The van der Waals surface area contributed by atoms with Gasteiger partial charge in [-0.25, -0.2) is 0 Å². The minimum atomic E-state index is -0.210. The standard InChI is InChI=1S/C7H8N2O2/c10-6-4-7(11)8-9-3-1-2-5(6)9/h1,3,5H,2,4H2,(H,8,11). The Bertz CT molecular complexity index is 247. The molecule has 58 valence electrons. The van der Waals surface area contributed by atoms with E-state index in [0.29, 0.717) is 0 Å². The fourth-order valence-corrected chi connectivity index (χ4v) is 1.38. The predicted molar refractivity (Wildman–Crippen MR) is 37.2 cm³/mol. The first-order chi connectivity index (χ1) is 5.27. The molecule has 4 heteroatoms. The van der Waals surface area contributed by atoms with E-state index in [0.717, 1.165) is 6.42 Å². The lowest BCUT2D eigenvalue weighted by Crippen LogP contribution is -2.52. The molecule has 0 aliphatic carbocycles. The van der Waals surface area contributed by atoms with Crippen molar-refractivity contribution < 1.29 is 9.59 Å². The zero-order chi connectivity index (χ0) is 7.84. The van der Waals surface area contributed by atoms with E-state index in [4.69, 9.17) is 0 Å². The van der Waals surface area contributed by atoms with Crippen molar-refractivity contribution >= 4 is 11.7 Å². The molecule has 4 nitrogen and oxygen atoms in total. The number of Topliss-reactive ketones (excluding diaryl/α,β-unsaturated/α-hetero) is 1. The largest absolute Gasteiger partial charge is 0.297 e. The Balaban J connectivity index is 2.20. The number of fused-ring (bicyclic) bond motifs is 1. The lowest BCUT2D eigenvalue weighted by Gasteiger charge is -2.29. The Hall–Kier alpha value is -1.32. The van der Waals surface area contributed by atoms with Crippen LogP contribution in [0.25, 0.3) is 0 Å². The second kappa shape index (κ2) is 2.08. The average Bonchev–Trinajstić information content (AvgIpc) is 2.34. The molecule has 2 rings (SSSR count). The first-order valence-electron chi connectivity index (χ1n) is 3.54. The van der Waals surface area contributed by atoms with Crippen molar-refractivity contribution in [3.63, 3.8) is 0 Å². The molecule has 1 fully saturated rings. The van der Waals surface area contributed by atoms with Gasteiger partial charge in [-0.2, -0.15) is 0 Å². The highest BCUT2D eigenvalue weighted by Gasteiger charge is 2.33. The normalized spacial score (nSPS) is 28.7. The van der Waals surface area contributed by atoms with Crippen molar-refractivity contribution in [1.29, 1.82) is 0 Å². The number of amides is 1. The van der Waals surface area contributed by atoms with Gasteiger partial charge in [-0.1, -0.05) is 6.08 Å². The van der Waals surface area contributed by atoms with E-state index in [1.165, 1.54) is 0 Å². The van der Waals surface area contributed by atoms with Crippen LogP contribution in [0.15, 0.2) is 12.3 Å². The van der Waals surface area contributed by atoms with Crippen LogP contribution in [-0.4, -0.2) is 22.7 Å². The molecule has 0 saturated carbocycles. The van der Waals surface area contributed by atoms with Gasteiger partial charge in [0, 0.05) is 6.20 Å². The van der Waals surface area contributed by atoms with Crippen LogP contribution in [0.3, 0.4) is 0 Å². The summed E-state index contributed by atoms with van der Waals surface area (Å²) in [5.74, 6) is -0.198. The van der Waals surface area contributed by atoms with E-state index < -0.39 is 0 Å². The minimum absolute atomic E-state index is 0.0127. The third-order valence-corrected chi connectivity index (χ3v) is 1.92. The van der Waals surface area contributed by atoms with E-state index in [-0.39, 0.29) is 24.2 Å². The molecule has 1 unspecified atom stereocenters. The molecule has 2 aliphatic heterocycles. The zero-order valence-electron chi connectivity index (χ0n) is 5.91. The number of carbonyl (C=O) groups excluding carboxylic acids is 2. The molecule has 1 saturated heterocycles. The van der Waals surface area contributed by atoms with Crippen molar-refractivity contribution in [3.05, 3.63) is 12.3 Å². The number of ketones is 1. The number of carbonyl (C=O) groups is 2. The SMILES string of the molecule is O=C1CC(=O)C2CC=CN2N1. The second-order valence-corrected chi connectivity index (χ2v) is 2.72. The molecule has 1 atom stereocenters. The van der Waals surface area contributed by atoms with Crippen molar-refractivity contribution in [2.75, 3.05) is 0 Å². The highest BCUT2D eigenvalue weighted by molar-refractivity contribution is 6.02. The summed E-state index contributed by atoms with van der Waals surface area (Å²) in [4.78, 5) is 22.0. The third-order valence-electron chi connectivity index (χ3n) is 1.92. The first kappa shape index (κ1) is 6.39. The van der Waals surface area contributed by atoms with E-state index in [1.54, 1.807) is 11.2 Å². The van der Waals surface area contributed by atoms with Gasteiger partial charge in [0.25, 0.3) is 0 Å². The summed E-state index contributed by atoms with van der Waals surface area (Å²) in [6.45, 7) is 0. The summed E-state index contributed by atoms with van der Waals surface area (Å²) >= 11 is 0. The topological polar surface area (TPSA) is 49.4 Å². The lowest BCUT2D eigenvalue weighted by atomic mass is 10.1. The molecule has 0 bridgehead atoms. The number of nitrogens with one attached hydrogen (secondary N) is 1. The summed E-state index contributed by atoms with van der Waals surface area (Å²) in [6.07, 6.45) is 4.37. The Morgan fingerprint density at radius 2 is 2.36 bits per heavy atom. The maximum absolute atomic E-state index is 11.1. The van der Waals surface area contributed by atoms with Crippen molar-refractivity contribution in [2.45, 2.75) is 18.9 Å². The van der Waals surface area contributed by atoms with Crippen LogP contribution in [0.1, 0.15) is 12.8 Å². The van der Waals surface area contributed by atoms with Crippen LogP contribution in [-0.2, 0) is 9.59 Å². The van der Waals surface area contributed by atoms with Gasteiger partial charge >= 0.3 is 0 Å². The summed E-state index contributed by atoms with van der Waals surface area (Å²) in [5.41, 5.74) is 2.60. The molecule has 1 amide bonds. The summed E-state index contributed by atoms with van der Waals surface area (Å²) in [6, 6.07) is -0.132. The van der Waals surface area contributed by atoms with Crippen LogP contribution < -0.4 is 5.43 Å². The van der Waals surface area contributed by atoms with Gasteiger partial charge in [0.05, 0.1) is 6.42 Å². The fraction of sp³-hybridized carbons (Fsp3) is 0.429. The monoisotopic (exact) mass is 152 g/mol. The Morgan fingerprint density at radius 3 is 3.18 bits per heavy atom. The maximum atomic E-state index is 11.1. The summed E-state index contributed by atoms with van der Waals surface area (Å²) < 4.78 is 0. The van der Waals surface area contributed by atoms with Crippen molar-refractivity contribution in [3.8, 4) is 0 Å². The summed E-state index contributed by atoms with van der Waals surface area (Å²) in [7, 11) is 0. The molecular weight excluding hydrogens is 144 g/mol. The van der Waals surface area contributed by atoms with E-state index >= 15 is 0 Å².